The predicted octanol–water partition coefficient (Wildman–Crippen LogP) is 3.25. The van der Waals surface area contributed by atoms with Crippen LogP contribution >= 0.6 is 0 Å². The lowest BCUT2D eigenvalue weighted by Gasteiger charge is -2.43. The molecule has 1 aromatic carbocycles. The summed E-state index contributed by atoms with van der Waals surface area (Å²) in [4.78, 5) is 12.2. The first-order valence-electron chi connectivity index (χ1n) is 11.3. The van der Waals surface area contributed by atoms with Crippen molar-refractivity contribution in [1.82, 2.24) is 35.3 Å². The SMILES string of the molecule is Cn1ccc(C2=C(n3nn[nH]c3=O)C(O)N[C@@](c3ccc(CCCCC(F)(F)F)cc3F)(C(F)(F)F)C2)n1. The van der Waals surface area contributed by atoms with E-state index in [1.807, 2.05) is 10.4 Å². The van der Waals surface area contributed by atoms with Crippen LogP contribution in [0.4, 0.5) is 30.7 Å². The van der Waals surface area contributed by atoms with Gasteiger partial charge in [-0.05, 0) is 47.4 Å². The minimum absolute atomic E-state index is 0.0201. The molecule has 1 aliphatic heterocycles. The zero-order valence-electron chi connectivity index (χ0n) is 19.7. The molecule has 3 heterocycles. The minimum atomic E-state index is -5.16. The molecule has 4 rings (SSSR count). The highest BCUT2D eigenvalue weighted by molar-refractivity contribution is 5.85. The Hall–Kier alpha value is -3.53. The average Bonchev–Trinajstić information content (AvgIpc) is 3.43. The first-order chi connectivity index (χ1) is 17.7. The number of nitrogens with zero attached hydrogens (tertiary/aromatic N) is 5. The van der Waals surface area contributed by atoms with E-state index < -0.39 is 54.0 Å². The van der Waals surface area contributed by atoms with Crippen LogP contribution in [0, 0.1) is 5.82 Å². The number of alkyl halides is 6. The third kappa shape index (κ3) is 5.36. The molecule has 1 aliphatic rings. The van der Waals surface area contributed by atoms with Gasteiger partial charge in [-0.25, -0.2) is 14.3 Å². The van der Waals surface area contributed by atoms with Gasteiger partial charge in [-0.2, -0.15) is 36.1 Å². The van der Waals surface area contributed by atoms with E-state index in [1.54, 1.807) is 0 Å². The van der Waals surface area contributed by atoms with Crippen molar-refractivity contribution in [2.45, 2.75) is 56.2 Å². The highest BCUT2D eigenvalue weighted by Gasteiger charge is 2.60. The molecule has 0 saturated carbocycles. The number of hydrogen-bond acceptors (Lipinski definition) is 6. The van der Waals surface area contributed by atoms with Crippen LogP contribution in [0.2, 0.25) is 0 Å². The summed E-state index contributed by atoms with van der Waals surface area (Å²) in [5.74, 6) is -1.27. The molecule has 9 nitrogen and oxygen atoms in total. The van der Waals surface area contributed by atoms with Crippen molar-refractivity contribution >= 4 is 11.3 Å². The number of benzene rings is 1. The minimum Gasteiger partial charge on any atom is -0.373 e. The highest BCUT2D eigenvalue weighted by atomic mass is 19.4. The number of aliphatic hydroxyl groups excluding tert-OH is 1. The molecule has 3 N–H and O–H groups in total. The molecule has 0 radical (unpaired) electrons. The Morgan fingerprint density at radius 3 is 2.45 bits per heavy atom. The first kappa shape index (κ1) is 27.5. The third-order valence-corrected chi connectivity index (χ3v) is 6.27. The van der Waals surface area contributed by atoms with Gasteiger partial charge < -0.3 is 5.11 Å². The van der Waals surface area contributed by atoms with Crippen LogP contribution in [0.1, 0.15) is 42.5 Å². The van der Waals surface area contributed by atoms with Gasteiger partial charge in [-0.3, -0.25) is 10.00 Å². The van der Waals surface area contributed by atoms with Crippen LogP contribution in [0.15, 0.2) is 35.3 Å². The highest BCUT2D eigenvalue weighted by Crippen LogP contribution is 2.50. The maximum Gasteiger partial charge on any atom is 0.411 e. The van der Waals surface area contributed by atoms with E-state index >= 15 is 4.39 Å². The molecule has 0 spiro atoms. The Morgan fingerprint density at radius 2 is 1.89 bits per heavy atom. The van der Waals surface area contributed by atoms with Crippen LogP contribution in [0.25, 0.3) is 11.3 Å². The molecule has 16 heteroatoms. The topological polar surface area (TPSA) is 114 Å². The zero-order valence-corrected chi connectivity index (χ0v) is 19.7. The fraction of sp³-hybridized carbons (Fsp3) is 0.455. The molecule has 38 heavy (non-hydrogen) atoms. The Bertz CT molecular complexity index is 1390. The second-order valence-electron chi connectivity index (χ2n) is 8.92. The van der Waals surface area contributed by atoms with Gasteiger partial charge in [0.1, 0.15) is 17.6 Å². The second kappa shape index (κ2) is 9.98. The number of aromatic amines is 1. The van der Waals surface area contributed by atoms with Gasteiger partial charge in [-0.15, -0.1) is 0 Å². The van der Waals surface area contributed by atoms with Crippen LogP contribution in [-0.4, -0.2) is 53.7 Å². The number of aromatic nitrogens is 6. The van der Waals surface area contributed by atoms with E-state index in [1.165, 1.54) is 30.1 Å². The maximum absolute atomic E-state index is 15.3. The number of H-pyrrole nitrogens is 1. The second-order valence-corrected chi connectivity index (χ2v) is 8.92. The molecule has 0 bridgehead atoms. The van der Waals surface area contributed by atoms with Gasteiger partial charge >= 0.3 is 18.0 Å². The lowest BCUT2D eigenvalue weighted by Crippen LogP contribution is -2.61. The number of hydrogen-bond donors (Lipinski definition) is 3. The Balaban J connectivity index is 1.77. The van der Waals surface area contributed by atoms with Crippen LogP contribution < -0.4 is 11.0 Å². The molecule has 206 valence electrons. The lowest BCUT2D eigenvalue weighted by atomic mass is 9.78. The summed E-state index contributed by atoms with van der Waals surface area (Å²) < 4.78 is 98.5. The van der Waals surface area contributed by atoms with E-state index in [4.69, 9.17) is 0 Å². The lowest BCUT2D eigenvalue weighted by molar-refractivity contribution is -0.208. The fourth-order valence-corrected chi connectivity index (χ4v) is 4.49. The molecular weight excluding hydrogens is 527 g/mol. The van der Waals surface area contributed by atoms with E-state index in [9.17, 15) is 36.2 Å². The Labute approximate surface area is 209 Å². The monoisotopic (exact) mass is 549 g/mol. The standard InChI is InChI=1S/C22H22F7N7O2/c1-35-9-7-16(32-35)13-11-20(22(27,28)29,30-18(37)17(13)36-19(38)31-33-34-36)14-6-5-12(10-15(14)23)4-2-3-8-21(24,25)26/h5-7,9-10,18,30,37H,2-4,8,11H2,1H3,(H,31,34,38)/t18?,20-/m0/s1. The fourth-order valence-electron chi connectivity index (χ4n) is 4.49. The van der Waals surface area contributed by atoms with E-state index in [0.29, 0.717) is 4.68 Å². The van der Waals surface area contributed by atoms with Crippen molar-refractivity contribution < 1.29 is 35.8 Å². The summed E-state index contributed by atoms with van der Waals surface area (Å²) in [5.41, 5.74) is -5.34. The van der Waals surface area contributed by atoms with Gasteiger partial charge in [0.25, 0.3) is 0 Å². The van der Waals surface area contributed by atoms with E-state index in [0.717, 1.165) is 12.1 Å². The number of aliphatic hydroxyl groups is 1. The number of rotatable bonds is 7. The predicted molar refractivity (Wildman–Crippen MR) is 118 cm³/mol. The molecule has 0 aliphatic carbocycles. The first-order valence-corrected chi connectivity index (χ1v) is 11.3. The Kier molecular flexibility index (Phi) is 7.22. The van der Waals surface area contributed by atoms with Gasteiger partial charge in [-0.1, -0.05) is 12.1 Å². The molecule has 1 unspecified atom stereocenters. The van der Waals surface area contributed by atoms with Crippen molar-refractivity contribution in [3.8, 4) is 0 Å². The van der Waals surface area contributed by atoms with Crippen LogP contribution in [0.3, 0.4) is 0 Å². The van der Waals surface area contributed by atoms with E-state index in [2.05, 4.69) is 15.5 Å². The summed E-state index contributed by atoms with van der Waals surface area (Å²) >= 11 is 0. The van der Waals surface area contributed by atoms with Gasteiger partial charge in [0.15, 0.2) is 0 Å². The summed E-state index contributed by atoms with van der Waals surface area (Å²) in [5, 5.41) is 25.8. The molecule has 2 atom stereocenters. The van der Waals surface area contributed by atoms with Crippen molar-refractivity contribution in [1.29, 1.82) is 0 Å². The number of halogens is 7. The molecule has 0 saturated heterocycles. The number of tetrazole rings is 1. The van der Waals surface area contributed by atoms with Crippen molar-refractivity contribution in [2.24, 2.45) is 7.05 Å². The normalized spacial score (nSPS) is 20.8. The van der Waals surface area contributed by atoms with Gasteiger partial charge in [0, 0.05) is 37.2 Å². The van der Waals surface area contributed by atoms with Crippen molar-refractivity contribution in [3.63, 3.8) is 0 Å². The smallest absolute Gasteiger partial charge is 0.373 e. The summed E-state index contributed by atoms with van der Waals surface area (Å²) in [6.45, 7) is 0. The summed E-state index contributed by atoms with van der Waals surface area (Å²) in [7, 11) is 1.51. The van der Waals surface area contributed by atoms with Crippen LogP contribution in [0.5, 0.6) is 0 Å². The molecule has 0 fully saturated rings. The van der Waals surface area contributed by atoms with E-state index in [-0.39, 0.29) is 41.8 Å². The number of nitrogens with one attached hydrogen (secondary N) is 2. The summed E-state index contributed by atoms with van der Waals surface area (Å²) in [6.07, 6.45) is -12.4. The average molecular weight is 549 g/mol. The molecule has 0 amide bonds. The van der Waals surface area contributed by atoms with Gasteiger partial charge in [0.2, 0.25) is 0 Å². The van der Waals surface area contributed by atoms with Crippen molar-refractivity contribution in [3.05, 3.63) is 63.6 Å². The largest absolute Gasteiger partial charge is 0.411 e. The van der Waals surface area contributed by atoms with Crippen LogP contribution in [-0.2, 0) is 19.0 Å². The summed E-state index contributed by atoms with van der Waals surface area (Å²) in [6, 6.07) is 4.30. The third-order valence-electron chi connectivity index (χ3n) is 6.27. The number of aryl methyl sites for hydroxylation is 2. The number of unbranched alkanes of at least 4 members (excludes halogenated alkanes) is 1. The maximum atomic E-state index is 15.3. The van der Waals surface area contributed by atoms with Crippen molar-refractivity contribution in [2.75, 3.05) is 0 Å². The van der Waals surface area contributed by atoms with Gasteiger partial charge in [0.05, 0.1) is 11.4 Å². The molecule has 3 aromatic rings. The molecular formula is C22H22F7N7O2. The zero-order chi connectivity index (χ0) is 27.9. The molecule has 2 aromatic heterocycles. The Morgan fingerprint density at radius 1 is 1.16 bits per heavy atom. The quantitative estimate of drug-likeness (QED) is 0.308.